The number of nitrogens with one attached hydrogen (secondary N) is 2. The van der Waals surface area contributed by atoms with E-state index in [0.29, 0.717) is 0 Å². The van der Waals surface area contributed by atoms with E-state index in [1.165, 1.54) is 19.6 Å². The number of anilines is 1. The number of hydrogen-bond acceptors (Lipinski definition) is 5. The molecule has 2 rings (SSSR count). The number of rotatable bonds is 6. The molecule has 8 heteroatoms. The summed E-state index contributed by atoms with van der Waals surface area (Å²) in [6.45, 7) is -0.119. The van der Waals surface area contributed by atoms with Crippen molar-refractivity contribution in [3.63, 3.8) is 0 Å². The van der Waals surface area contributed by atoms with Crippen LogP contribution in [0, 0.1) is 15.9 Å². The normalized spacial score (nSPS) is 15.0. The maximum atomic E-state index is 13.6. The summed E-state index contributed by atoms with van der Waals surface area (Å²) in [4.78, 5) is 22.2. The molecule has 126 valence electrons. The topological polar surface area (TPSA) is 93.5 Å². The molecule has 0 heterocycles. The van der Waals surface area contributed by atoms with Crippen molar-refractivity contribution < 1.29 is 18.8 Å². The van der Waals surface area contributed by atoms with E-state index in [0.717, 1.165) is 31.7 Å². The van der Waals surface area contributed by atoms with E-state index >= 15 is 0 Å². The molecule has 0 radical (unpaired) electrons. The van der Waals surface area contributed by atoms with Gasteiger partial charge in [-0.15, -0.1) is 0 Å². The van der Waals surface area contributed by atoms with Gasteiger partial charge in [0.15, 0.2) is 11.6 Å². The van der Waals surface area contributed by atoms with E-state index in [1.54, 1.807) is 0 Å². The Kier molecular flexibility index (Phi) is 5.72. The van der Waals surface area contributed by atoms with Crippen LogP contribution in [0.4, 0.5) is 15.8 Å². The van der Waals surface area contributed by atoms with Gasteiger partial charge in [-0.05, 0) is 12.8 Å². The molecule has 1 saturated carbocycles. The molecule has 0 unspecified atom stereocenters. The standard InChI is InChI=1S/C15H20FN3O4/c1-23-14-8-12(13(19(21)22)7-11(14)16)17-9-15(20)18-10-5-3-2-4-6-10/h7-8,10,17H,2-6,9H2,1H3,(H,18,20). The summed E-state index contributed by atoms with van der Waals surface area (Å²) < 4.78 is 18.4. The second-order valence-corrected chi connectivity index (χ2v) is 5.52. The van der Waals surface area contributed by atoms with Gasteiger partial charge in [-0.2, -0.15) is 0 Å². The van der Waals surface area contributed by atoms with Crippen molar-refractivity contribution in [2.75, 3.05) is 19.0 Å². The second-order valence-electron chi connectivity index (χ2n) is 5.52. The lowest BCUT2D eigenvalue weighted by Crippen LogP contribution is -2.39. The Morgan fingerprint density at radius 1 is 1.39 bits per heavy atom. The molecule has 1 aliphatic carbocycles. The largest absolute Gasteiger partial charge is 0.494 e. The molecule has 1 amide bonds. The molecule has 0 bridgehead atoms. The van der Waals surface area contributed by atoms with Crippen molar-refractivity contribution in [3.05, 3.63) is 28.1 Å². The number of carbonyl (C=O) groups is 1. The lowest BCUT2D eigenvalue weighted by molar-refractivity contribution is -0.384. The Balaban J connectivity index is 2.00. The fourth-order valence-corrected chi connectivity index (χ4v) is 2.69. The van der Waals surface area contributed by atoms with Gasteiger partial charge in [0, 0.05) is 12.1 Å². The van der Waals surface area contributed by atoms with Crippen LogP contribution in [-0.2, 0) is 4.79 Å². The highest BCUT2D eigenvalue weighted by molar-refractivity contribution is 5.82. The zero-order chi connectivity index (χ0) is 16.8. The molecule has 1 aliphatic rings. The highest BCUT2D eigenvalue weighted by atomic mass is 19.1. The Hall–Kier alpha value is -2.38. The Labute approximate surface area is 133 Å². The average Bonchev–Trinajstić information content (AvgIpc) is 2.54. The molecule has 0 aliphatic heterocycles. The summed E-state index contributed by atoms with van der Waals surface area (Å²) in [5, 5.41) is 16.6. The Morgan fingerprint density at radius 2 is 2.09 bits per heavy atom. The number of carbonyl (C=O) groups excluding carboxylic acids is 1. The van der Waals surface area contributed by atoms with Crippen molar-refractivity contribution in [1.82, 2.24) is 5.32 Å². The van der Waals surface area contributed by atoms with Crippen LogP contribution in [0.5, 0.6) is 5.75 Å². The molecule has 0 atom stereocenters. The van der Waals surface area contributed by atoms with Gasteiger partial charge in [0.2, 0.25) is 5.91 Å². The van der Waals surface area contributed by atoms with Crippen LogP contribution in [0.3, 0.4) is 0 Å². The zero-order valence-electron chi connectivity index (χ0n) is 12.9. The zero-order valence-corrected chi connectivity index (χ0v) is 12.9. The van der Waals surface area contributed by atoms with Gasteiger partial charge in [-0.3, -0.25) is 14.9 Å². The summed E-state index contributed by atoms with van der Waals surface area (Å²) in [6, 6.07) is 2.12. The van der Waals surface area contributed by atoms with Crippen LogP contribution in [0.1, 0.15) is 32.1 Å². The molecule has 0 spiro atoms. The quantitative estimate of drug-likeness (QED) is 0.619. The number of nitrogens with zero attached hydrogens (tertiary/aromatic N) is 1. The van der Waals surface area contributed by atoms with Gasteiger partial charge in [0.05, 0.1) is 24.6 Å². The number of hydrogen-bond donors (Lipinski definition) is 2. The third kappa shape index (κ3) is 4.54. The van der Waals surface area contributed by atoms with Crippen molar-refractivity contribution in [2.45, 2.75) is 38.1 Å². The molecule has 0 saturated heterocycles. The molecule has 1 aromatic rings. The minimum atomic E-state index is -0.823. The third-order valence-corrected chi connectivity index (χ3v) is 3.88. The van der Waals surface area contributed by atoms with Crippen LogP contribution in [0.15, 0.2) is 12.1 Å². The van der Waals surface area contributed by atoms with Gasteiger partial charge in [0.25, 0.3) is 5.69 Å². The van der Waals surface area contributed by atoms with E-state index in [2.05, 4.69) is 10.6 Å². The molecular weight excluding hydrogens is 305 g/mol. The molecular formula is C15H20FN3O4. The second kappa shape index (κ2) is 7.75. The van der Waals surface area contributed by atoms with Gasteiger partial charge in [-0.1, -0.05) is 19.3 Å². The monoisotopic (exact) mass is 325 g/mol. The van der Waals surface area contributed by atoms with Gasteiger partial charge in [-0.25, -0.2) is 4.39 Å². The van der Waals surface area contributed by atoms with E-state index in [4.69, 9.17) is 4.74 Å². The van der Waals surface area contributed by atoms with Crippen LogP contribution >= 0.6 is 0 Å². The van der Waals surface area contributed by atoms with Crippen LogP contribution < -0.4 is 15.4 Å². The number of methoxy groups -OCH3 is 1. The first kappa shape index (κ1) is 17.0. The van der Waals surface area contributed by atoms with E-state index in [1.807, 2.05) is 0 Å². The van der Waals surface area contributed by atoms with Crippen LogP contribution in [0.25, 0.3) is 0 Å². The lowest BCUT2D eigenvalue weighted by Gasteiger charge is -2.22. The number of benzene rings is 1. The fourth-order valence-electron chi connectivity index (χ4n) is 2.69. The first-order valence-electron chi connectivity index (χ1n) is 7.56. The fraction of sp³-hybridized carbons (Fsp3) is 0.533. The Bertz CT molecular complexity index is 588. The SMILES string of the molecule is COc1cc(NCC(=O)NC2CCCCC2)c([N+](=O)[O-])cc1F. The number of halogens is 1. The van der Waals surface area contributed by atoms with Crippen molar-refractivity contribution in [1.29, 1.82) is 0 Å². The molecule has 2 N–H and O–H groups in total. The summed E-state index contributed by atoms with van der Waals surface area (Å²) in [5.41, 5.74) is -0.388. The number of nitro groups is 1. The molecule has 1 fully saturated rings. The summed E-state index contributed by atoms with van der Waals surface area (Å²) >= 11 is 0. The van der Waals surface area contributed by atoms with Crippen molar-refractivity contribution in [2.24, 2.45) is 0 Å². The predicted molar refractivity (Wildman–Crippen MR) is 83.1 cm³/mol. The van der Waals surface area contributed by atoms with E-state index in [9.17, 15) is 19.3 Å². The molecule has 0 aromatic heterocycles. The third-order valence-electron chi connectivity index (χ3n) is 3.88. The highest BCUT2D eigenvalue weighted by Gasteiger charge is 2.20. The minimum Gasteiger partial charge on any atom is -0.494 e. The lowest BCUT2D eigenvalue weighted by atomic mass is 9.95. The molecule has 7 nitrogen and oxygen atoms in total. The first-order chi connectivity index (χ1) is 11.0. The van der Waals surface area contributed by atoms with Gasteiger partial charge < -0.3 is 15.4 Å². The van der Waals surface area contributed by atoms with Crippen molar-refractivity contribution in [3.8, 4) is 5.75 Å². The van der Waals surface area contributed by atoms with Crippen molar-refractivity contribution >= 4 is 17.3 Å². The Morgan fingerprint density at radius 3 is 2.70 bits per heavy atom. The van der Waals surface area contributed by atoms with Gasteiger partial charge in [0.1, 0.15) is 5.69 Å². The predicted octanol–water partition coefficient (Wildman–Crippen LogP) is 2.60. The van der Waals surface area contributed by atoms with Crippen LogP contribution in [-0.4, -0.2) is 30.5 Å². The summed E-state index contributed by atoms with van der Waals surface area (Å²) in [6.07, 6.45) is 5.29. The maximum Gasteiger partial charge on any atom is 0.295 e. The van der Waals surface area contributed by atoms with E-state index in [-0.39, 0.29) is 29.9 Å². The smallest absolute Gasteiger partial charge is 0.295 e. The molecule has 1 aromatic carbocycles. The summed E-state index contributed by atoms with van der Waals surface area (Å²) in [7, 11) is 1.27. The van der Waals surface area contributed by atoms with Crippen LogP contribution in [0.2, 0.25) is 0 Å². The number of nitro benzene ring substituents is 1. The first-order valence-corrected chi connectivity index (χ1v) is 7.56. The van der Waals surface area contributed by atoms with E-state index < -0.39 is 16.4 Å². The maximum absolute atomic E-state index is 13.6. The number of ether oxygens (including phenoxy) is 1. The molecule has 23 heavy (non-hydrogen) atoms. The highest BCUT2D eigenvalue weighted by Crippen LogP contribution is 2.31. The van der Waals surface area contributed by atoms with Gasteiger partial charge >= 0.3 is 0 Å². The summed E-state index contributed by atoms with van der Waals surface area (Å²) in [5.74, 6) is -1.18. The number of amides is 1. The minimum absolute atomic E-state index is 0.0482. The average molecular weight is 325 g/mol.